The van der Waals surface area contributed by atoms with Gasteiger partial charge in [0.2, 0.25) is 5.95 Å². The molecule has 0 unspecified atom stereocenters. The Morgan fingerprint density at radius 1 is 1.08 bits per heavy atom. The molecule has 0 aliphatic heterocycles. The third kappa shape index (κ3) is 2.26. The van der Waals surface area contributed by atoms with Crippen LogP contribution in [0.3, 0.4) is 0 Å². The average molecular weight is 346 g/mol. The van der Waals surface area contributed by atoms with Gasteiger partial charge in [-0.2, -0.15) is 0 Å². The fraction of sp³-hybridized carbons (Fsp3) is 0.167. The average Bonchev–Trinajstić information content (AvgIpc) is 3.36. The summed E-state index contributed by atoms with van der Waals surface area (Å²) in [5.74, 6) is 1.02. The molecular weight excluding hydrogens is 332 g/mol. The van der Waals surface area contributed by atoms with E-state index >= 15 is 0 Å². The topological polar surface area (TPSA) is 98.2 Å². The van der Waals surface area contributed by atoms with Crippen LogP contribution in [0.15, 0.2) is 48.5 Å². The molecule has 1 fully saturated rings. The smallest absolute Gasteiger partial charge is 0.280 e. The minimum atomic E-state index is -0.404. The van der Waals surface area contributed by atoms with E-state index in [0.717, 1.165) is 23.7 Å². The molecule has 0 spiro atoms. The first-order valence-electron chi connectivity index (χ1n) is 8.36. The first-order valence-corrected chi connectivity index (χ1v) is 8.36. The summed E-state index contributed by atoms with van der Waals surface area (Å²) in [6, 6.07) is 14.6. The van der Waals surface area contributed by atoms with Gasteiger partial charge in [-0.3, -0.25) is 10.1 Å². The minimum absolute atomic E-state index is 0.00710. The van der Waals surface area contributed by atoms with E-state index < -0.39 is 4.92 Å². The summed E-state index contributed by atoms with van der Waals surface area (Å²) in [6.45, 7) is 0. The Balaban J connectivity index is 1.84. The van der Waals surface area contributed by atoms with Crippen LogP contribution in [0.1, 0.15) is 12.8 Å². The summed E-state index contributed by atoms with van der Waals surface area (Å²) in [7, 11) is 0. The number of nitro benzene ring substituents is 1. The zero-order valence-corrected chi connectivity index (χ0v) is 13.7. The van der Waals surface area contributed by atoms with Gasteiger partial charge in [0.05, 0.1) is 16.0 Å². The molecule has 1 aliphatic carbocycles. The van der Waals surface area contributed by atoms with Crippen LogP contribution in [0.5, 0.6) is 0 Å². The number of hydrogen-bond donors (Lipinski definition) is 1. The van der Waals surface area contributed by atoms with Gasteiger partial charge in [0.15, 0.2) is 11.5 Å². The predicted octanol–water partition coefficient (Wildman–Crippen LogP) is 3.43. The predicted molar refractivity (Wildman–Crippen MR) is 97.0 cm³/mol. The van der Waals surface area contributed by atoms with Crippen LogP contribution < -0.4 is 5.32 Å². The van der Waals surface area contributed by atoms with Crippen LogP contribution in [0.25, 0.3) is 27.9 Å². The van der Waals surface area contributed by atoms with E-state index in [-0.39, 0.29) is 5.69 Å². The molecule has 0 bridgehead atoms. The minimum Gasteiger partial charge on any atom is -0.353 e. The van der Waals surface area contributed by atoms with Crippen LogP contribution in [0, 0.1) is 10.1 Å². The van der Waals surface area contributed by atoms with Crippen molar-refractivity contribution < 1.29 is 4.92 Å². The fourth-order valence-electron chi connectivity index (χ4n) is 3.09. The maximum Gasteiger partial charge on any atom is 0.280 e. The van der Waals surface area contributed by atoms with Crippen LogP contribution in [-0.4, -0.2) is 30.5 Å². The van der Waals surface area contributed by atoms with Crippen LogP contribution in [0.4, 0.5) is 11.6 Å². The first-order chi connectivity index (χ1) is 12.7. The van der Waals surface area contributed by atoms with E-state index in [1.54, 1.807) is 22.6 Å². The summed E-state index contributed by atoms with van der Waals surface area (Å²) in [6.07, 6.45) is 2.16. The molecule has 2 heterocycles. The fourth-order valence-corrected chi connectivity index (χ4v) is 3.09. The zero-order valence-electron chi connectivity index (χ0n) is 13.7. The maximum atomic E-state index is 11.5. The highest BCUT2D eigenvalue weighted by Crippen LogP contribution is 2.33. The van der Waals surface area contributed by atoms with Crippen molar-refractivity contribution in [2.75, 3.05) is 5.32 Å². The number of para-hydroxylation sites is 2. The molecule has 26 heavy (non-hydrogen) atoms. The summed E-state index contributed by atoms with van der Waals surface area (Å²) in [5.41, 5.74) is 1.85. The molecule has 2 aromatic carbocycles. The number of fused-ring (bicyclic) bond motifs is 3. The number of hydrogen-bond acceptors (Lipinski definition) is 6. The standard InChI is InChI=1S/C18H14N6O2/c25-24(26)15-8-4-2-6-13(15)17-22-21-16-12-5-1-3-7-14(12)20-18(23(16)17)19-11-9-10-11/h1-8,11H,9-10H2,(H,19,20). The lowest BCUT2D eigenvalue weighted by atomic mass is 10.1. The van der Waals surface area contributed by atoms with Gasteiger partial charge >= 0.3 is 0 Å². The molecule has 2 aromatic heterocycles. The van der Waals surface area contributed by atoms with Crippen molar-refractivity contribution >= 4 is 28.2 Å². The molecule has 0 saturated heterocycles. The number of nitro groups is 1. The van der Waals surface area contributed by atoms with Crippen LogP contribution in [0.2, 0.25) is 0 Å². The first kappa shape index (κ1) is 14.8. The molecule has 0 radical (unpaired) electrons. The molecule has 1 N–H and O–H groups in total. The Bertz CT molecular complexity index is 1160. The number of aromatic nitrogens is 4. The highest BCUT2D eigenvalue weighted by atomic mass is 16.6. The second kappa shape index (κ2) is 5.48. The SMILES string of the molecule is O=[N+]([O-])c1ccccc1-c1nnc2c3ccccc3nc(NC3CC3)n12. The van der Waals surface area contributed by atoms with Gasteiger partial charge in [-0.05, 0) is 31.0 Å². The van der Waals surface area contributed by atoms with E-state index in [1.165, 1.54) is 6.07 Å². The Kier molecular flexibility index (Phi) is 3.11. The van der Waals surface area contributed by atoms with Gasteiger partial charge in [0.25, 0.3) is 5.69 Å². The summed E-state index contributed by atoms with van der Waals surface area (Å²) in [4.78, 5) is 15.8. The van der Waals surface area contributed by atoms with Crippen molar-refractivity contribution in [3.63, 3.8) is 0 Å². The normalized spacial score (nSPS) is 14.0. The zero-order chi connectivity index (χ0) is 17.7. The second-order valence-electron chi connectivity index (χ2n) is 6.33. The van der Waals surface area contributed by atoms with E-state index in [0.29, 0.717) is 29.0 Å². The van der Waals surface area contributed by atoms with E-state index in [9.17, 15) is 10.1 Å². The van der Waals surface area contributed by atoms with E-state index in [1.807, 2.05) is 24.3 Å². The number of nitrogens with zero attached hydrogens (tertiary/aromatic N) is 5. The quantitative estimate of drug-likeness (QED) is 0.449. The van der Waals surface area contributed by atoms with Crippen molar-refractivity contribution in [1.29, 1.82) is 0 Å². The van der Waals surface area contributed by atoms with Crippen LogP contribution >= 0.6 is 0 Å². The Morgan fingerprint density at radius 3 is 2.65 bits per heavy atom. The van der Waals surface area contributed by atoms with Crippen molar-refractivity contribution in [2.24, 2.45) is 0 Å². The highest BCUT2D eigenvalue weighted by molar-refractivity contribution is 5.93. The number of anilines is 1. The summed E-state index contributed by atoms with van der Waals surface area (Å²) < 4.78 is 1.78. The number of nitrogens with one attached hydrogen (secondary N) is 1. The van der Waals surface area contributed by atoms with Gasteiger partial charge in [-0.1, -0.05) is 24.3 Å². The Labute approximate surface area is 147 Å². The van der Waals surface area contributed by atoms with Crippen molar-refractivity contribution in [3.05, 3.63) is 58.6 Å². The summed E-state index contributed by atoms with van der Waals surface area (Å²) in [5, 5.41) is 24.3. The molecule has 1 aliphatic rings. The van der Waals surface area contributed by atoms with Crippen LogP contribution in [-0.2, 0) is 0 Å². The highest BCUT2D eigenvalue weighted by Gasteiger charge is 2.26. The molecule has 0 amide bonds. The lowest BCUT2D eigenvalue weighted by Gasteiger charge is -2.11. The molecule has 8 nitrogen and oxygen atoms in total. The molecule has 0 atom stereocenters. The molecule has 5 rings (SSSR count). The summed E-state index contributed by atoms with van der Waals surface area (Å²) >= 11 is 0. The third-order valence-electron chi connectivity index (χ3n) is 4.50. The van der Waals surface area contributed by atoms with Gasteiger partial charge in [-0.15, -0.1) is 10.2 Å². The van der Waals surface area contributed by atoms with Gasteiger partial charge in [0.1, 0.15) is 0 Å². The van der Waals surface area contributed by atoms with E-state index in [2.05, 4.69) is 15.5 Å². The molecule has 128 valence electrons. The lowest BCUT2D eigenvalue weighted by Crippen LogP contribution is -2.10. The molecule has 8 heteroatoms. The van der Waals surface area contributed by atoms with Gasteiger partial charge in [0, 0.05) is 17.5 Å². The second-order valence-corrected chi connectivity index (χ2v) is 6.33. The monoisotopic (exact) mass is 346 g/mol. The van der Waals surface area contributed by atoms with Gasteiger partial charge < -0.3 is 5.32 Å². The lowest BCUT2D eigenvalue weighted by molar-refractivity contribution is -0.384. The Hall–Kier alpha value is -3.55. The molecule has 1 saturated carbocycles. The largest absolute Gasteiger partial charge is 0.353 e. The third-order valence-corrected chi connectivity index (χ3v) is 4.50. The number of rotatable bonds is 4. The van der Waals surface area contributed by atoms with E-state index in [4.69, 9.17) is 4.98 Å². The Morgan fingerprint density at radius 2 is 1.85 bits per heavy atom. The van der Waals surface area contributed by atoms with Crippen molar-refractivity contribution in [2.45, 2.75) is 18.9 Å². The number of benzene rings is 2. The molecular formula is C18H14N6O2. The van der Waals surface area contributed by atoms with Gasteiger partial charge in [-0.25, -0.2) is 9.38 Å². The van der Waals surface area contributed by atoms with Crippen molar-refractivity contribution in [1.82, 2.24) is 19.6 Å². The molecule has 4 aromatic rings. The maximum absolute atomic E-state index is 11.5. The van der Waals surface area contributed by atoms with Crippen molar-refractivity contribution in [3.8, 4) is 11.4 Å².